The summed E-state index contributed by atoms with van der Waals surface area (Å²) in [5.74, 6) is -1.58. The van der Waals surface area contributed by atoms with Gasteiger partial charge >= 0.3 is 0 Å². The number of methoxy groups -OCH3 is 1. The number of halogens is 1. The van der Waals surface area contributed by atoms with Crippen molar-refractivity contribution in [3.8, 4) is 5.75 Å². The molecule has 3 aromatic carbocycles. The third-order valence-electron chi connectivity index (χ3n) is 6.60. The minimum atomic E-state index is -0.991. The number of amides is 3. The van der Waals surface area contributed by atoms with Crippen LogP contribution in [0.25, 0.3) is 0 Å². The molecule has 0 bridgehead atoms. The highest BCUT2D eigenvalue weighted by Crippen LogP contribution is 2.44. The molecular weight excluding hydrogens is 510 g/mol. The predicted molar refractivity (Wildman–Crippen MR) is 135 cm³/mol. The summed E-state index contributed by atoms with van der Waals surface area (Å²) in [7, 11) is 1.49. The van der Waals surface area contributed by atoms with Crippen LogP contribution in [0.5, 0.6) is 5.75 Å². The SMILES string of the molecule is CCc1ccc([C@@H]2NN(C(=O)c3cccc(Br)c3)[C@@H]3C(=O)N(c4ccccc4OC)C(=O)[C@@H]32)cc1. The van der Waals surface area contributed by atoms with E-state index in [1.807, 2.05) is 30.3 Å². The van der Waals surface area contributed by atoms with Gasteiger partial charge in [0.15, 0.2) is 0 Å². The number of benzene rings is 3. The number of rotatable bonds is 5. The summed E-state index contributed by atoms with van der Waals surface area (Å²) >= 11 is 3.40. The number of carbonyl (C=O) groups excluding carboxylic acids is 3. The van der Waals surface area contributed by atoms with Gasteiger partial charge in [0.25, 0.3) is 11.8 Å². The van der Waals surface area contributed by atoms with E-state index in [0.717, 1.165) is 26.9 Å². The minimum Gasteiger partial charge on any atom is -0.495 e. The van der Waals surface area contributed by atoms with Crippen LogP contribution in [0.2, 0.25) is 0 Å². The third-order valence-corrected chi connectivity index (χ3v) is 7.09. The van der Waals surface area contributed by atoms with E-state index in [2.05, 4.69) is 28.3 Å². The van der Waals surface area contributed by atoms with Gasteiger partial charge in [-0.1, -0.05) is 65.3 Å². The first kappa shape index (κ1) is 23.3. The number of carbonyl (C=O) groups is 3. The number of ether oxygens (including phenoxy) is 1. The first-order valence-electron chi connectivity index (χ1n) is 11.4. The predicted octanol–water partition coefficient (Wildman–Crippen LogP) is 4.28. The monoisotopic (exact) mass is 533 g/mol. The molecule has 7 nitrogen and oxygen atoms in total. The van der Waals surface area contributed by atoms with E-state index in [9.17, 15) is 14.4 Å². The minimum absolute atomic E-state index is 0.369. The maximum absolute atomic E-state index is 13.8. The van der Waals surface area contributed by atoms with Crippen LogP contribution in [-0.4, -0.2) is 35.9 Å². The first-order chi connectivity index (χ1) is 16.9. The summed E-state index contributed by atoms with van der Waals surface area (Å²) in [6.07, 6.45) is 0.886. The smallest absolute Gasteiger partial charge is 0.268 e. The summed E-state index contributed by atoms with van der Waals surface area (Å²) in [5, 5.41) is 1.32. The fourth-order valence-corrected chi connectivity index (χ4v) is 5.22. The Morgan fingerprint density at radius 3 is 2.43 bits per heavy atom. The lowest BCUT2D eigenvalue weighted by Gasteiger charge is -2.26. The molecule has 0 saturated carbocycles. The van der Waals surface area contributed by atoms with Crippen LogP contribution < -0.4 is 15.1 Å². The molecule has 0 aromatic heterocycles. The number of hydrogen-bond donors (Lipinski definition) is 1. The zero-order chi connectivity index (χ0) is 24.7. The van der Waals surface area contributed by atoms with E-state index < -0.39 is 23.9 Å². The fraction of sp³-hybridized carbons (Fsp3) is 0.222. The number of aryl methyl sites for hydroxylation is 1. The van der Waals surface area contributed by atoms with Crippen molar-refractivity contribution in [2.45, 2.75) is 25.4 Å². The Balaban J connectivity index is 1.59. The lowest BCUT2D eigenvalue weighted by atomic mass is 9.90. The molecule has 0 radical (unpaired) electrons. The Morgan fingerprint density at radius 2 is 1.74 bits per heavy atom. The second-order valence-corrected chi connectivity index (χ2v) is 9.46. The quantitative estimate of drug-likeness (QED) is 0.495. The zero-order valence-electron chi connectivity index (χ0n) is 19.3. The Kier molecular flexibility index (Phi) is 6.17. The summed E-state index contributed by atoms with van der Waals surface area (Å²) in [5.41, 5.74) is 5.97. The van der Waals surface area contributed by atoms with Crippen LogP contribution in [0, 0.1) is 5.92 Å². The number of nitrogens with zero attached hydrogens (tertiary/aromatic N) is 2. The average Bonchev–Trinajstić information content (AvgIpc) is 3.40. The van der Waals surface area contributed by atoms with E-state index >= 15 is 0 Å². The molecule has 2 fully saturated rings. The maximum Gasteiger partial charge on any atom is 0.268 e. The molecule has 2 saturated heterocycles. The van der Waals surface area contributed by atoms with E-state index in [-0.39, 0.29) is 11.8 Å². The van der Waals surface area contributed by atoms with Gasteiger partial charge in [0, 0.05) is 10.0 Å². The molecule has 1 N–H and O–H groups in total. The van der Waals surface area contributed by atoms with Gasteiger partial charge in [0.1, 0.15) is 11.8 Å². The molecule has 35 heavy (non-hydrogen) atoms. The van der Waals surface area contributed by atoms with E-state index in [0.29, 0.717) is 17.0 Å². The molecule has 8 heteroatoms. The normalized spacial score (nSPS) is 21.4. The van der Waals surface area contributed by atoms with Crippen LogP contribution in [0.3, 0.4) is 0 Å². The highest BCUT2D eigenvalue weighted by molar-refractivity contribution is 9.10. The Labute approximate surface area is 211 Å². The highest BCUT2D eigenvalue weighted by atomic mass is 79.9. The van der Waals surface area contributed by atoms with Crippen LogP contribution >= 0.6 is 15.9 Å². The van der Waals surface area contributed by atoms with Crippen molar-refractivity contribution in [3.05, 3.63) is 94.0 Å². The second kappa shape index (κ2) is 9.28. The number of hydrazine groups is 1. The van der Waals surface area contributed by atoms with Gasteiger partial charge in [-0.25, -0.2) is 10.3 Å². The number of anilines is 1. The number of hydrogen-bond acceptors (Lipinski definition) is 5. The van der Waals surface area contributed by atoms with Crippen LogP contribution in [0.4, 0.5) is 5.69 Å². The topological polar surface area (TPSA) is 79.0 Å². The molecule has 3 amide bonds. The second-order valence-electron chi connectivity index (χ2n) is 8.54. The zero-order valence-corrected chi connectivity index (χ0v) is 20.9. The van der Waals surface area contributed by atoms with Gasteiger partial charge < -0.3 is 4.74 Å². The van der Waals surface area contributed by atoms with E-state index in [1.54, 1.807) is 42.5 Å². The molecular formula is C27H24BrN3O4. The molecule has 3 atom stereocenters. The number of nitrogens with one attached hydrogen (secondary N) is 1. The van der Waals surface area contributed by atoms with Gasteiger partial charge in [-0.15, -0.1) is 0 Å². The summed E-state index contributed by atoms with van der Waals surface area (Å²) in [6.45, 7) is 2.07. The number of imide groups is 1. The summed E-state index contributed by atoms with van der Waals surface area (Å²) in [6, 6.07) is 20.2. The molecule has 2 aliphatic heterocycles. The van der Waals surface area contributed by atoms with Crippen LogP contribution in [0.15, 0.2) is 77.3 Å². The lowest BCUT2D eigenvalue weighted by molar-refractivity contribution is -0.123. The number of para-hydroxylation sites is 2. The molecule has 178 valence electrons. The van der Waals surface area contributed by atoms with E-state index in [4.69, 9.17) is 4.74 Å². The van der Waals surface area contributed by atoms with Gasteiger partial charge in [-0.3, -0.25) is 19.4 Å². The fourth-order valence-electron chi connectivity index (χ4n) is 4.82. The van der Waals surface area contributed by atoms with Crippen molar-refractivity contribution in [2.75, 3.05) is 12.0 Å². The van der Waals surface area contributed by atoms with Gasteiger partial charge in [0.05, 0.1) is 24.8 Å². The van der Waals surface area contributed by atoms with Gasteiger partial charge in [-0.05, 0) is 47.9 Å². The molecule has 0 aliphatic carbocycles. The Morgan fingerprint density at radius 1 is 1.00 bits per heavy atom. The van der Waals surface area contributed by atoms with Crippen molar-refractivity contribution in [1.29, 1.82) is 0 Å². The molecule has 0 unspecified atom stereocenters. The standard InChI is InChI=1S/C27H24BrN3O4/c1-3-16-11-13-17(14-12-16)23-22-24(31(29-23)25(32)18-7-6-8-19(28)15-18)27(34)30(26(22)33)20-9-4-5-10-21(20)35-2/h4-15,22-24,29H,3H2,1-2H3/t22-,23+,24+/m1/s1. The molecule has 0 spiro atoms. The van der Waals surface area contributed by atoms with E-state index in [1.165, 1.54) is 12.1 Å². The Hall–Kier alpha value is -3.49. The van der Waals surface area contributed by atoms with Crippen molar-refractivity contribution in [3.63, 3.8) is 0 Å². The van der Waals surface area contributed by atoms with Gasteiger partial charge in [0.2, 0.25) is 5.91 Å². The van der Waals surface area contributed by atoms with Crippen molar-refractivity contribution in [1.82, 2.24) is 10.4 Å². The summed E-state index contributed by atoms with van der Waals surface area (Å²) < 4.78 is 6.17. The van der Waals surface area contributed by atoms with Crippen LogP contribution in [0.1, 0.15) is 34.5 Å². The maximum atomic E-state index is 13.8. The van der Waals surface area contributed by atoms with Crippen molar-refractivity contribution < 1.29 is 19.1 Å². The molecule has 3 aromatic rings. The molecule has 2 aliphatic rings. The molecule has 5 rings (SSSR count). The van der Waals surface area contributed by atoms with Crippen LogP contribution in [-0.2, 0) is 16.0 Å². The average molecular weight is 534 g/mol. The molecule has 2 heterocycles. The van der Waals surface area contributed by atoms with Gasteiger partial charge in [-0.2, -0.15) is 0 Å². The largest absolute Gasteiger partial charge is 0.495 e. The lowest BCUT2D eigenvalue weighted by Crippen LogP contribution is -2.48. The van der Waals surface area contributed by atoms with Crippen molar-refractivity contribution in [2.24, 2.45) is 5.92 Å². The first-order valence-corrected chi connectivity index (χ1v) is 12.2. The third kappa shape index (κ3) is 3.92. The Bertz CT molecular complexity index is 1310. The highest BCUT2D eigenvalue weighted by Gasteiger charge is 2.60. The number of fused-ring (bicyclic) bond motifs is 1. The van der Waals surface area contributed by atoms with Crippen molar-refractivity contribution >= 4 is 39.3 Å². The summed E-state index contributed by atoms with van der Waals surface area (Å²) in [4.78, 5) is 42.3.